The Balaban J connectivity index is 2.01. The van der Waals surface area contributed by atoms with E-state index in [2.05, 4.69) is 10.2 Å². The van der Waals surface area contributed by atoms with Crippen molar-refractivity contribution in [2.24, 2.45) is 0 Å². The molecule has 1 rings (SSSR count). The van der Waals surface area contributed by atoms with Gasteiger partial charge < -0.3 is 10.2 Å². The summed E-state index contributed by atoms with van der Waals surface area (Å²) in [4.78, 5) is 13.3. The molecule has 0 saturated carbocycles. The molecule has 4 heteroatoms. The smallest absolute Gasteiger partial charge is 0.217 e. The summed E-state index contributed by atoms with van der Waals surface area (Å²) in [6, 6.07) is 0.375. The number of rotatable bonds is 7. The van der Waals surface area contributed by atoms with Crippen LogP contribution in [0.2, 0.25) is 0 Å². The lowest BCUT2D eigenvalue weighted by Gasteiger charge is -2.15. The normalized spacial score (nSPS) is 21.2. The summed E-state index contributed by atoms with van der Waals surface area (Å²) in [5.74, 6) is 0.878. The molecular weight excluding hydrogens is 224 g/mol. The number of halogens is 1. The zero-order chi connectivity index (χ0) is 11.8. The van der Waals surface area contributed by atoms with Gasteiger partial charge in [-0.05, 0) is 25.8 Å². The van der Waals surface area contributed by atoms with E-state index in [4.69, 9.17) is 11.6 Å². The van der Waals surface area contributed by atoms with Gasteiger partial charge in [0.05, 0.1) is 0 Å². The van der Waals surface area contributed by atoms with Gasteiger partial charge >= 0.3 is 0 Å². The van der Waals surface area contributed by atoms with Crippen molar-refractivity contribution in [3.63, 3.8) is 0 Å². The molecular formula is C12H23ClN2O. The molecule has 16 heavy (non-hydrogen) atoms. The Morgan fingerprint density at radius 1 is 1.38 bits per heavy atom. The molecule has 1 fully saturated rings. The van der Waals surface area contributed by atoms with E-state index in [1.54, 1.807) is 6.92 Å². The molecule has 1 saturated heterocycles. The molecule has 0 aromatic carbocycles. The Hall–Kier alpha value is -0.280. The van der Waals surface area contributed by atoms with Gasteiger partial charge in [0.25, 0.3) is 0 Å². The fraction of sp³-hybridized carbons (Fsp3) is 0.917. The number of carbonyl (C=O) groups is 1. The molecule has 1 atom stereocenters. The molecule has 94 valence electrons. The van der Waals surface area contributed by atoms with Crippen molar-refractivity contribution in [2.45, 2.75) is 45.1 Å². The summed E-state index contributed by atoms with van der Waals surface area (Å²) in [5.41, 5.74) is 0. The molecule has 1 unspecified atom stereocenters. The van der Waals surface area contributed by atoms with Crippen molar-refractivity contribution >= 4 is 17.5 Å². The van der Waals surface area contributed by atoms with Crippen molar-refractivity contribution in [1.82, 2.24) is 10.2 Å². The predicted octanol–water partition coefficient (Wildman–Crippen LogP) is 2.00. The van der Waals surface area contributed by atoms with Crippen LogP contribution in [0.15, 0.2) is 0 Å². The number of nitrogens with zero attached hydrogens (tertiary/aromatic N) is 1. The van der Waals surface area contributed by atoms with Crippen molar-refractivity contribution < 1.29 is 4.79 Å². The number of carbonyl (C=O) groups excluding carboxylic acids is 1. The van der Waals surface area contributed by atoms with Crippen molar-refractivity contribution in [1.29, 1.82) is 0 Å². The van der Waals surface area contributed by atoms with Gasteiger partial charge in [0.1, 0.15) is 0 Å². The quantitative estimate of drug-likeness (QED) is 0.551. The largest absolute Gasteiger partial charge is 0.352 e. The van der Waals surface area contributed by atoms with E-state index in [0.717, 1.165) is 31.8 Å². The number of unbranched alkanes of at least 4 members (excludes halogenated alkanes) is 3. The van der Waals surface area contributed by atoms with Crippen LogP contribution in [0, 0.1) is 0 Å². The number of nitrogens with one attached hydrogen (secondary N) is 1. The van der Waals surface area contributed by atoms with Crippen LogP contribution in [0.5, 0.6) is 0 Å². The maximum atomic E-state index is 10.9. The van der Waals surface area contributed by atoms with Gasteiger partial charge in [-0.3, -0.25) is 4.79 Å². The Labute approximate surface area is 104 Å². The first-order valence-electron chi connectivity index (χ1n) is 6.28. The monoisotopic (exact) mass is 246 g/mol. The molecule has 1 amide bonds. The molecule has 0 spiro atoms. The molecule has 1 heterocycles. The predicted molar refractivity (Wildman–Crippen MR) is 67.8 cm³/mol. The summed E-state index contributed by atoms with van der Waals surface area (Å²) >= 11 is 5.62. The molecule has 1 N–H and O–H groups in total. The van der Waals surface area contributed by atoms with E-state index in [1.165, 1.54) is 25.8 Å². The summed E-state index contributed by atoms with van der Waals surface area (Å²) in [6.45, 7) is 4.91. The van der Waals surface area contributed by atoms with Crippen LogP contribution in [0.1, 0.15) is 39.0 Å². The number of hydrogen-bond acceptors (Lipinski definition) is 2. The lowest BCUT2D eigenvalue weighted by molar-refractivity contribution is -0.119. The third kappa shape index (κ3) is 5.71. The average molecular weight is 247 g/mol. The van der Waals surface area contributed by atoms with E-state index < -0.39 is 0 Å². The minimum atomic E-state index is 0.0916. The summed E-state index contributed by atoms with van der Waals surface area (Å²) in [6.07, 6.45) is 6.00. The standard InChI is InChI=1S/C12H23ClN2O/c1-11(16)14-12-6-9-15(10-12)8-5-3-2-4-7-13/h12H,2-10H2,1H3,(H,14,16). The highest BCUT2D eigenvalue weighted by atomic mass is 35.5. The molecule has 0 bridgehead atoms. The maximum Gasteiger partial charge on any atom is 0.217 e. The van der Waals surface area contributed by atoms with Crippen LogP contribution in [0.4, 0.5) is 0 Å². The number of amides is 1. The molecule has 0 aliphatic carbocycles. The first-order valence-corrected chi connectivity index (χ1v) is 6.81. The van der Waals surface area contributed by atoms with E-state index in [1.807, 2.05) is 0 Å². The lowest BCUT2D eigenvalue weighted by atomic mass is 10.2. The van der Waals surface area contributed by atoms with Gasteiger partial charge in [0.2, 0.25) is 5.91 Å². The van der Waals surface area contributed by atoms with E-state index >= 15 is 0 Å². The highest BCUT2D eigenvalue weighted by Crippen LogP contribution is 2.11. The maximum absolute atomic E-state index is 10.9. The zero-order valence-corrected chi connectivity index (χ0v) is 10.9. The average Bonchev–Trinajstić information content (AvgIpc) is 2.64. The Morgan fingerprint density at radius 2 is 2.12 bits per heavy atom. The van der Waals surface area contributed by atoms with E-state index in [9.17, 15) is 4.79 Å². The van der Waals surface area contributed by atoms with E-state index in [-0.39, 0.29) is 5.91 Å². The molecule has 0 aromatic heterocycles. The molecule has 1 aliphatic rings. The Kier molecular flexibility index (Phi) is 6.81. The second kappa shape index (κ2) is 7.91. The minimum absolute atomic E-state index is 0.0916. The fourth-order valence-electron chi connectivity index (χ4n) is 2.22. The van der Waals surface area contributed by atoms with Gasteiger partial charge in [-0.25, -0.2) is 0 Å². The number of hydrogen-bond donors (Lipinski definition) is 1. The molecule has 0 radical (unpaired) electrons. The van der Waals surface area contributed by atoms with Crippen LogP contribution >= 0.6 is 11.6 Å². The second-order valence-corrected chi connectivity index (χ2v) is 4.97. The fourth-order valence-corrected chi connectivity index (χ4v) is 2.41. The van der Waals surface area contributed by atoms with Gasteiger partial charge in [-0.1, -0.05) is 12.8 Å². The van der Waals surface area contributed by atoms with Gasteiger partial charge in [-0.15, -0.1) is 11.6 Å². The van der Waals surface area contributed by atoms with Gasteiger partial charge in [0, 0.05) is 31.9 Å². The van der Waals surface area contributed by atoms with Crippen LogP contribution in [-0.4, -0.2) is 42.4 Å². The summed E-state index contributed by atoms with van der Waals surface area (Å²) < 4.78 is 0. The van der Waals surface area contributed by atoms with Crippen molar-refractivity contribution in [3.05, 3.63) is 0 Å². The summed E-state index contributed by atoms with van der Waals surface area (Å²) in [5, 5.41) is 2.98. The second-order valence-electron chi connectivity index (χ2n) is 4.59. The van der Waals surface area contributed by atoms with Gasteiger partial charge in [-0.2, -0.15) is 0 Å². The topological polar surface area (TPSA) is 32.3 Å². The van der Waals surface area contributed by atoms with Crippen molar-refractivity contribution in [3.8, 4) is 0 Å². The highest BCUT2D eigenvalue weighted by molar-refractivity contribution is 6.17. The highest BCUT2D eigenvalue weighted by Gasteiger charge is 2.21. The molecule has 0 aromatic rings. The van der Waals surface area contributed by atoms with Crippen LogP contribution in [-0.2, 0) is 4.79 Å². The Bertz CT molecular complexity index is 211. The lowest BCUT2D eigenvalue weighted by Crippen LogP contribution is -2.35. The third-order valence-corrected chi connectivity index (χ3v) is 3.30. The zero-order valence-electron chi connectivity index (χ0n) is 10.2. The molecule has 1 aliphatic heterocycles. The van der Waals surface area contributed by atoms with Crippen LogP contribution < -0.4 is 5.32 Å². The van der Waals surface area contributed by atoms with Crippen LogP contribution in [0.25, 0.3) is 0 Å². The first kappa shape index (κ1) is 13.8. The number of likely N-dealkylation sites (tertiary alicyclic amines) is 1. The summed E-state index contributed by atoms with van der Waals surface area (Å²) in [7, 11) is 0. The Morgan fingerprint density at radius 3 is 2.81 bits per heavy atom. The minimum Gasteiger partial charge on any atom is -0.352 e. The van der Waals surface area contributed by atoms with Crippen LogP contribution in [0.3, 0.4) is 0 Å². The number of alkyl halides is 1. The SMILES string of the molecule is CC(=O)NC1CCN(CCCCCCCl)C1. The molecule has 3 nitrogen and oxygen atoms in total. The first-order chi connectivity index (χ1) is 7.72. The van der Waals surface area contributed by atoms with Crippen molar-refractivity contribution in [2.75, 3.05) is 25.5 Å². The third-order valence-electron chi connectivity index (χ3n) is 3.04. The van der Waals surface area contributed by atoms with Gasteiger partial charge in [0.15, 0.2) is 0 Å². The van der Waals surface area contributed by atoms with E-state index in [0.29, 0.717) is 6.04 Å².